The lowest BCUT2D eigenvalue weighted by Crippen LogP contribution is -2.55. The normalized spacial score (nSPS) is 45.0. The Morgan fingerprint density at radius 3 is 2.26 bits per heavy atom. The van der Waals surface area contributed by atoms with Crippen LogP contribution in [-0.2, 0) is 19.0 Å². The fourth-order valence-corrected chi connectivity index (χ4v) is 6.26. The van der Waals surface area contributed by atoms with Gasteiger partial charge in [0.15, 0.2) is 0 Å². The van der Waals surface area contributed by atoms with E-state index in [1.807, 2.05) is 6.07 Å². The highest BCUT2D eigenvalue weighted by atomic mass is 32.2. The maximum atomic E-state index is 12.2. The summed E-state index contributed by atoms with van der Waals surface area (Å²) in [6, 6.07) is 1.97. The third kappa shape index (κ3) is 1.16. The molecule has 0 saturated carbocycles. The van der Waals surface area contributed by atoms with Gasteiger partial charge in [0.05, 0.1) is 12.2 Å². The highest BCUT2D eigenvalue weighted by Crippen LogP contribution is 2.65. The first-order valence-corrected chi connectivity index (χ1v) is 8.14. The van der Waals surface area contributed by atoms with Crippen molar-refractivity contribution >= 4 is 10.1 Å². The van der Waals surface area contributed by atoms with E-state index in [9.17, 15) is 13.7 Å². The second-order valence-electron chi connectivity index (χ2n) is 6.53. The fourth-order valence-electron chi connectivity index (χ4n) is 4.62. The lowest BCUT2D eigenvalue weighted by Gasteiger charge is -2.45. The van der Waals surface area contributed by atoms with Crippen molar-refractivity contribution in [1.29, 1.82) is 5.26 Å². The van der Waals surface area contributed by atoms with Crippen LogP contribution in [0.3, 0.4) is 0 Å². The van der Waals surface area contributed by atoms with Gasteiger partial charge in [0.25, 0.3) is 10.1 Å². The molecule has 0 aliphatic carbocycles. The molecule has 3 aliphatic heterocycles. The molecule has 3 heterocycles. The third-order valence-corrected chi connectivity index (χ3v) is 7.29. The van der Waals surface area contributed by atoms with Gasteiger partial charge in [-0.3, -0.25) is 4.18 Å². The molecule has 4 atom stereocenters. The Labute approximate surface area is 114 Å². The first-order chi connectivity index (χ1) is 8.74. The molecule has 3 saturated heterocycles. The summed E-state index contributed by atoms with van der Waals surface area (Å²) in [7, 11) is -3.87. The van der Waals surface area contributed by atoms with E-state index in [1.54, 1.807) is 0 Å². The maximum Gasteiger partial charge on any atom is 0.289 e. The molecule has 0 amide bonds. The van der Waals surface area contributed by atoms with Gasteiger partial charge in [0.1, 0.15) is 12.2 Å². The summed E-state index contributed by atoms with van der Waals surface area (Å²) in [5.74, 6) is 0.468. The molecule has 0 aromatic heterocycles. The molecular formula is C13H19NO4S. The molecule has 0 aromatic rings. The summed E-state index contributed by atoms with van der Waals surface area (Å²) in [6.07, 6.45) is -1.11. The zero-order chi connectivity index (χ0) is 14.2. The van der Waals surface area contributed by atoms with E-state index >= 15 is 0 Å². The zero-order valence-electron chi connectivity index (χ0n) is 11.6. The lowest BCUT2D eigenvalue weighted by atomic mass is 9.57. The van der Waals surface area contributed by atoms with Crippen LogP contribution < -0.4 is 0 Å². The molecule has 5 nitrogen and oxygen atoms in total. The summed E-state index contributed by atoms with van der Waals surface area (Å²) >= 11 is 0. The van der Waals surface area contributed by atoms with E-state index in [1.165, 1.54) is 0 Å². The van der Waals surface area contributed by atoms with Crippen molar-refractivity contribution in [3.05, 3.63) is 0 Å². The van der Waals surface area contributed by atoms with Gasteiger partial charge in [-0.15, -0.1) is 0 Å². The predicted molar refractivity (Wildman–Crippen MR) is 67.5 cm³/mol. The second-order valence-corrected chi connectivity index (χ2v) is 8.36. The van der Waals surface area contributed by atoms with Crippen LogP contribution in [0, 0.1) is 28.6 Å². The fraction of sp³-hybridized carbons (Fsp3) is 0.923. The number of hydrogen-bond donors (Lipinski definition) is 0. The number of rotatable bonds is 2. The molecule has 3 aliphatic rings. The van der Waals surface area contributed by atoms with Crippen LogP contribution in [0.2, 0.25) is 0 Å². The van der Waals surface area contributed by atoms with Gasteiger partial charge in [0.2, 0.25) is 4.75 Å². The predicted octanol–water partition coefficient (Wildman–Crippen LogP) is 1.45. The number of nitrogens with zero attached hydrogens (tertiary/aromatic N) is 1. The summed E-state index contributed by atoms with van der Waals surface area (Å²) in [6.45, 7) is 8.30. The molecule has 106 valence electrons. The molecule has 4 unspecified atom stereocenters. The van der Waals surface area contributed by atoms with Crippen molar-refractivity contribution in [1.82, 2.24) is 0 Å². The number of ether oxygens (including phenoxy) is 1. The molecule has 2 bridgehead atoms. The summed E-state index contributed by atoms with van der Waals surface area (Å²) in [5, 5.41) is 9.36. The molecule has 0 aromatic carbocycles. The van der Waals surface area contributed by atoms with E-state index in [0.717, 1.165) is 0 Å². The molecule has 3 fully saturated rings. The Morgan fingerprint density at radius 1 is 1.21 bits per heavy atom. The van der Waals surface area contributed by atoms with Crippen molar-refractivity contribution in [3.63, 3.8) is 0 Å². The Morgan fingerprint density at radius 2 is 1.79 bits per heavy atom. The van der Waals surface area contributed by atoms with Gasteiger partial charge >= 0.3 is 0 Å². The van der Waals surface area contributed by atoms with Gasteiger partial charge in [-0.25, -0.2) is 0 Å². The Balaban J connectivity index is 2.19. The van der Waals surface area contributed by atoms with Gasteiger partial charge in [-0.05, 0) is 11.8 Å². The minimum Gasteiger partial charge on any atom is -0.369 e. The first-order valence-electron chi connectivity index (χ1n) is 6.73. The van der Waals surface area contributed by atoms with Crippen LogP contribution in [0.25, 0.3) is 0 Å². The average molecular weight is 285 g/mol. The Hall–Kier alpha value is -0.640. The van der Waals surface area contributed by atoms with E-state index in [0.29, 0.717) is 0 Å². The summed E-state index contributed by atoms with van der Waals surface area (Å²) in [5.41, 5.74) is -0.325. The quantitative estimate of drug-likeness (QED) is 0.718. The van der Waals surface area contributed by atoms with Crippen molar-refractivity contribution in [2.45, 2.75) is 57.2 Å². The van der Waals surface area contributed by atoms with E-state index < -0.39 is 27.1 Å². The minimum atomic E-state index is -3.87. The van der Waals surface area contributed by atoms with Gasteiger partial charge in [-0.2, -0.15) is 13.7 Å². The van der Waals surface area contributed by atoms with Crippen LogP contribution >= 0.6 is 0 Å². The molecule has 0 N–H and O–H groups in total. The molecule has 19 heavy (non-hydrogen) atoms. The largest absolute Gasteiger partial charge is 0.369 e. The molecule has 0 radical (unpaired) electrons. The van der Waals surface area contributed by atoms with Crippen LogP contribution in [0.5, 0.6) is 0 Å². The van der Waals surface area contributed by atoms with Crippen LogP contribution in [0.15, 0.2) is 0 Å². The molecular weight excluding hydrogens is 266 g/mol. The van der Waals surface area contributed by atoms with Gasteiger partial charge in [-0.1, -0.05) is 27.7 Å². The number of hydrogen-bond acceptors (Lipinski definition) is 5. The third-order valence-electron chi connectivity index (χ3n) is 5.45. The maximum absolute atomic E-state index is 12.2. The number of nitriles is 1. The van der Waals surface area contributed by atoms with E-state index in [-0.39, 0.29) is 29.8 Å². The second kappa shape index (κ2) is 3.51. The van der Waals surface area contributed by atoms with Crippen LogP contribution in [0.1, 0.15) is 34.1 Å². The number of fused-ring (bicyclic) bond motifs is 1. The van der Waals surface area contributed by atoms with Crippen molar-refractivity contribution < 1.29 is 17.3 Å². The van der Waals surface area contributed by atoms with Crippen molar-refractivity contribution in [2.24, 2.45) is 17.3 Å². The summed E-state index contributed by atoms with van der Waals surface area (Å²) in [4.78, 5) is 0. The van der Waals surface area contributed by atoms with E-state index in [2.05, 4.69) is 27.7 Å². The average Bonchev–Trinajstić information content (AvgIpc) is 2.85. The standard InChI is InChI=1S/C13H19NO4S/c1-7(2)13(8(3)4)9-5-12(6-14)10(17-9)11(13)18-19(12,15)16/h7-11H,5H2,1-4H3. The highest BCUT2D eigenvalue weighted by Gasteiger charge is 2.80. The van der Waals surface area contributed by atoms with Crippen molar-refractivity contribution in [3.8, 4) is 6.07 Å². The topological polar surface area (TPSA) is 76.4 Å². The molecule has 6 heteroatoms. The van der Waals surface area contributed by atoms with Crippen LogP contribution in [0.4, 0.5) is 0 Å². The van der Waals surface area contributed by atoms with Gasteiger partial charge in [0, 0.05) is 11.8 Å². The SMILES string of the molecule is CC(C)C1(C(C)C)C2CC3(C#N)C(O2)C1OS3(=O)=O. The lowest BCUT2D eigenvalue weighted by molar-refractivity contribution is -0.0329. The Bertz CT molecular complexity index is 554. The Kier molecular flexibility index (Phi) is 2.47. The summed E-state index contributed by atoms with van der Waals surface area (Å²) < 4.78 is 34.3. The highest BCUT2D eigenvalue weighted by molar-refractivity contribution is 7.88. The molecule has 3 rings (SSSR count). The minimum absolute atomic E-state index is 0.209. The van der Waals surface area contributed by atoms with Crippen molar-refractivity contribution in [2.75, 3.05) is 0 Å². The van der Waals surface area contributed by atoms with E-state index in [4.69, 9.17) is 8.92 Å². The van der Waals surface area contributed by atoms with Crippen LogP contribution in [-0.4, -0.2) is 31.5 Å². The first kappa shape index (κ1) is 13.3. The monoisotopic (exact) mass is 285 g/mol. The van der Waals surface area contributed by atoms with Gasteiger partial charge < -0.3 is 4.74 Å². The molecule has 0 spiro atoms. The zero-order valence-corrected chi connectivity index (χ0v) is 12.4. The smallest absolute Gasteiger partial charge is 0.289 e.